The van der Waals surface area contributed by atoms with Crippen LogP contribution in [0.5, 0.6) is 5.75 Å². The van der Waals surface area contributed by atoms with Crippen molar-refractivity contribution >= 4 is 21.8 Å². The number of alkyl halides is 3. The summed E-state index contributed by atoms with van der Waals surface area (Å²) in [6.07, 6.45) is -4.40. The van der Waals surface area contributed by atoms with Crippen LogP contribution < -0.4 is 4.74 Å². The predicted molar refractivity (Wildman–Crippen MR) is 85.3 cm³/mol. The van der Waals surface area contributed by atoms with Gasteiger partial charge in [-0.2, -0.15) is 13.2 Å². The van der Waals surface area contributed by atoms with E-state index >= 15 is 0 Å². The molecule has 3 rings (SSSR count). The van der Waals surface area contributed by atoms with Crippen molar-refractivity contribution in [1.29, 1.82) is 0 Å². The molecule has 0 N–H and O–H groups in total. The molecule has 0 unspecified atom stereocenters. The summed E-state index contributed by atoms with van der Waals surface area (Å²) >= 11 is 3.37. The number of ether oxygens (including phenoxy) is 1. The molecule has 0 spiro atoms. The van der Waals surface area contributed by atoms with Crippen LogP contribution in [0.25, 0.3) is 0 Å². The minimum Gasteiger partial charge on any atom is -0.483 e. The zero-order chi connectivity index (χ0) is 17.3. The first-order valence-electron chi connectivity index (χ1n) is 7.18. The van der Waals surface area contributed by atoms with Crippen LogP contribution in [-0.4, -0.2) is 17.4 Å². The molecule has 0 saturated heterocycles. The van der Waals surface area contributed by atoms with Crippen molar-refractivity contribution in [2.75, 3.05) is 6.61 Å². The number of benzene rings is 2. The van der Waals surface area contributed by atoms with Gasteiger partial charge in [0.15, 0.2) is 6.61 Å². The largest absolute Gasteiger partial charge is 0.483 e. The fourth-order valence-corrected chi connectivity index (χ4v) is 2.96. The lowest BCUT2D eigenvalue weighted by Gasteiger charge is -2.20. The molecule has 0 radical (unpaired) electrons. The lowest BCUT2D eigenvalue weighted by molar-refractivity contribution is -0.137. The third-order valence-electron chi connectivity index (χ3n) is 3.72. The van der Waals surface area contributed by atoms with Gasteiger partial charge in [-0.25, -0.2) is 0 Å². The van der Waals surface area contributed by atoms with E-state index in [0.29, 0.717) is 11.3 Å². The Balaban J connectivity index is 1.85. The third-order valence-corrected chi connectivity index (χ3v) is 4.21. The van der Waals surface area contributed by atoms with E-state index < -0.39 is 11.7 Å². The number of amides is 1. The van der Waals surface area contributed by atoms with Crippen molar-refractivity contribution in [2.45, 2.75) is 19.3 Å². The van der Waals surface area contributed by atoms with E-state index in [1.54, 1.807) is 12.1 Å². The fourth-order valence-electron chi connectivity index (χ4n) is 2.55. The highest BCUT2D eigenvalue weighted by molar-refractivity contribution is 9.10. The van der Waals surface area contributed by atoms with Gasteiger partial charge in [0.1, 0.15) is 5.75 Å². The lowest BCUT2D eigenvalue weighted by atomic mass is 10.1. The van der Waals surface area contributed by atoms with Crippen LogP contribution in [0.1, 0.15) is 16.7 Å². The fraction of sp³-hybridized carbons (Fsp3) is 0.235. The molecule has 126 valence electrons. The Morgan fingerprint density at radius 2 is 1.96 bits per heavy atom. The SMILES string of the molecule is O=C1COc2ccc(Br)cc2CN1Cc1cccc(C(F)(F)F)c1. The molecule has 0 saturated carbocycles. The third kappa shape index (κ3) is 3.72. The molecule has 1 aliphatic heterocycles. The summed E-state index contributed by atoms with van der Waals surface area (Å²) in [7, 11) is 0. The van der Waals surface area contributed by atoms with Gasteiger partial charge in [-0.3, -0.25) is 4.79 Å². The number of carbonyl (C=O) groups is 1. The number of nitrogens with zero attached hydrogens (tertiary/aromatic N) is 1. The molecule has 3 nitrogen and oxygen atoms in total. The second-order valence-electron chi connectivity index (χ2n) is 5.49. The summed E-state index contributed by atoms with van der Waals surface area (Å²) in [6.45, 7) is 0.246. The number of hydrogen-bond acceptors (Lipinski definition) is 2. The van der Waals surface area contributed by atoms with Crippen molar-refractivity contribution in [3.05, 3.63) is 63.6 Å². The summed E-state index contributed by atoms with van der Waals surface area (Å²) in [6, 6.07) is 10.4. The summed E-state index contributed by atoms with van der Waals surface area (Å²) in [5.74, 6) is 0.345. The maximum atomic E-state index is 12.8. The minimum absolute atomic E-state index is 0.0953. The van der Waals surface area contributed by atoms with Crippen LogP contribution in [0.4, 0.5) is 13.2 Å². The standard InChI is InChI=1S/C17H13BrF3NO2/c18-14-4-5-15-12(7-14)9-22(16(23)10-24-15)8-11-2-1-3-13(6-11)17(19,20)21/h1-7H,8-10H2. The van der Waals surface area contributed by atoms with Crippen molar-refractivity contribution in [3.63, 3.8) is 0 Å². The molecule has 0 aromatic heterocycles. The number of rotatable bonds is 2. The van der Waals surface area contributed by atoms with Gasteiger partial charge >= 0.3 is 6.18 Å². The van der Waals surface area contributed by atoms with Gasteiger partial charge in [0, 0.05) is 23.1 Å². The number of halogens is 4. The second kappa shape index (κ2) is 6.47. The smallest absolute Gasteiger partial charge is 0.416 e. The Kier molecular flexibility index (Phi) is 4.54. The summed E-state index contributed by atoms with van der Waals surface area (Å²) in [4.78, 5) is 13.7. The zero-order valence-electron chi connectivity index (χ0n) is 12.4. The van der Waals surface area contributed by atoms with Crippen LogP contribution in [0.3, 0.4) is 0 Å². The van der Waals surface area contributed by atoms with Crippen LogP contribution >= 0.6 is 15.9 Å². The monoisotopic (exact) mass is 399 g/mol. The van der Waals surface area contributed by atoms with E-state index in [9.17, 15) is 18.0 Å². The Morgan fingerprint density at radius 3 is 2.71 bits per heavy atom. The number of hydrogen-bond donors (Lipinski definition) is 0. The normalized spacial score (nSPS) is 14.8. The van der Waals surface area contributed by atoms with Crippen LogP contribution in [-0.2, 0) is 24.1 Å². The number of carbonyl (C=O) groups excluding carboxylic acids is 1. The highest BCUT2D eigenvalue weighted by Crippen LogP contribution is 2.31. The Labute approximate surface area is 145 Å². The van der Waals surface area contributed by atoms with Gasteiger partial charge in [-0.05, 0) is 35.9 Å². The van der Waals surface area contributed by atoms with Gasteiger partial charge in [0.25, 0.3) is 5.91 Å². The van der Waals surface area contributed by atoms with Gasteiger partial charge in [-0.15, -0.1) is 0 Å². The molecule has 0 aliphatic carbocycles. The summed E-state index contributed by atoms with van der Waals surface area (Å²) < 4.78 is 44.8. The molecule has 1 amide bonds. The van der Waals surface area contributed by atoms with E-state index in [1.807, 2.05) is 12.1 Å². The summed E-state index contributed by atoms with van der Waals surface area (Å²) in [5, 5.41) is 0. The van der Waals surface area contributed by atoms with Gasteiger partial charge < -0.3 is 9.64 Å². The van der Waals surface area contributed by atoms with Crippen LogP contribution in [0.15, 0.2) is 46.9 Å². The van der Waals surface area contributed by atoms with E-state index in [0.717, 1.165) is 22.2 Å². The second-order valence-corrected chi connectivity index (χ2v) is 6.40. The molecule has 0 atom stereocenters. The first-order valence-corrected chi connectivity index (χ1v) is 7.97. The molecular formula is C17H13BrF3NO2. The van der Waals surface area contributed by atoms with E-state index in [4.69, 9.17) is 4.74 Å². The predicted octanol–water partition coefficient (Wildman–Crippen LogP) is 4.39. The average Bonchev–Trinajstić information content (AvgIpc) is 2.66. The molecule has 1 heterocycles. The topological polar surface area (TPSA) is 29.5 Å². The molecular weight excluding hydrogens is 387 g/mol. The minimum atomic E-state index is -4.40. The molecule has 0 fully saturated rings. The number of fused-ring (bicyclic) bond motifs is 1. The molecule has 0 bridgehead atoms. The van der Waals surface area contributed by atoms with E-state index in [-0.39, 0.29) is 25.6 Å². The molecule has 1 aliphatic rings. The lowest BCUT2D eigenvalue weighted by Crippen LogP contribution is -2.31. The molecule has 2 aromatic carbocycles. The highest BCUT2D eigenvalue weighted by atomic mass is 79.9. The Morgan fingerprint density at radius 1 is 1.17 bits per heavy atom. The molecule has 24 heavy (non-hydrogen) atoms. The van der Waals surface area contributed by atoms with Crippen molar-refractivity contribution in [2.24, 2.45) is 0 Å². The Hall–Kier alpha value is -2.02. The maximum absolute atomic E-state index is 12.8. The maximum Gasteiger partial charge on any atom is 0.416 e. The average molecular weight is 400 g/mol. The van der Waals surface area contributed by atoms with Crippen molar-refractivity contribution in [3.8, 4) is 5.75 Å². The zero-order valence-corrected chi connectivity index (χ0v) is 14.0. The van der Waals surface area contributed by atoms with Crippen molar-refractivity contribution in [1.82, 2.24) is 4.90 Å². The quantitative estimate of drug-likeness (QED) is 0.749. The Bertz CT molecular complexity index is 777. The van der Waals surface area contributed by atoms with Crippen molar-refractivity contribution < 1.29 is 22.7 Å². The molecule has 2 aromatic rings. The van der Waals surface area contributed by atoms with Gasteiger partial charge in [0.2, 0.25) is 0 Å². The first-order chi connectivity index (χ1) is 11.3. The van der Waals surface area contributed by atoms with Crippen LogP contribution in [0.2, 0.25) is 0 Å². The first kappa shape index (κ1) is 16.8. The van der Waals surface area contributed by atoms with E-state index in [2.05, 4.69) is 15.9 Å². The van der Waals surface area contributed by atoms with Gasteiger partial charge in [-0.1, -0.05) is 28.1 Å². The highest BCUT2D eigenvalue weighted by Gasteiger charge is 2.30. The van der Waals surface area contributed by atoms with Crippen LogP contribution in [0, 0.1) is 0 Å². The van der Waals surface area contributed by atoms with E-state index in [1.165, 1.54) is 11.0 Å². The summed E-state index contributed by atoms with van der Waals surface area (Å²) in [5.41, 5.74) is 0.514. The molecule has 7 heteroatoms. The van der Waals surface area contributed by atoms with Gasteiger partial charge in [0.05, 0.1) is 5.56 Å².